The predicted molar refractivity (Wildman–Crippen MR) is 123 cm³/mol. The van der Waals surface area contributed by atoms with E-state index in [4.69, 9.17) is 4.74 Å². The lowest BCUT2D eigenvalue weighted by Gasteiger charge is -2.19. The Bertz CT molecular complexity index is 1350. The van der Waals surface area contributed by atoms with Crippen LogP contribution >= 0.6 is 0 Å². The lowest BCUT2D eigenvalue weighted by atomic mass is 9.91. The van der Waals surface area contributed by atoms with Crippen LogP contribution in [-0.2, 0) is 24.7 Å². The minimum atomic E-state index is -4.67. The molecule has 0 saturated carbocycles. The molecule has 1 N–H and O–H groups in total. The number of rotatable bonds is 6. The van der Waals surface area contributed by atoms with Gasteiger partial charge in [-0.15, -0.1) is 0 Å². The fourth-order valence-corrected chi connectivity index (χ4v) is 3.33. The van der Waals surface area contributed by atoms with Gasteiger partial charge in [-0.1, -0.05) is 39.8 Å². The number of ether oxygens (including phenoxy) is 1. The van der Waals surface area contributed by atoms with Crippen LogP contribution in [0.4, 0.5) is 18.9 Å². The summed E-state index contributed by atoms with van der Waals surface area (Å²) in [5, 5.41) is 10.6. The molecule has 0 spiro atoms. The van der Waals surface area contributed by atoms with Crippen LogP contribution < -0.4 is 10.1 Å². The first kappa shape index (κ1) is 24.2. The van der Waals surface area contributed by atoms with Gasteiger partial charge in [-0.05, 0) is 30.2 Å². The molecule has 11 heteroatoms. The molecular formula is C24H25F3N6O2. The average Bonchev–Trinajstić information content (AvgIpc) is 3.42. The Morgan fingerprint density at radius 2 is 1.83 bits per heavy atom. The number of nitrogens with zero attached hydrogens (tertiary/aromatic N) is 5. The number of alkyl halides is 3. The summed E-state index contributed by atoms with van der Waals surface area (Å²) in [4.78, 5) is 17.0. The molecule has 0 bridgehead atoms. The number of hydrogen-bond donors (Lipinski definition) is 1. The highest BCUT2D eigenvalue weighted by molar-refractivity contribution is 6.03. The van der Waals surface area contributed by atoms with Crippen molar-refractivity contribution in [1.82, 2.24) is 24.4 Å². The Morgan fingerprint density at radius 3 is 2.46 bits per heavy atom. The Morgan fingerprint density at radius 1 is 1.11 bits per heavy atom. The number of anilines is 1. The molecule has 4 rings (SSSR count). The topological polar surface area (TPSA) is 86.3 Å². The normalized spacial score (nSPS) is 12.2. The summed E-state index contributed by atoms with van der Waals surface area (Å²) in [5.41, 5.74) is -0.0966. The van der Waals surface area contributed by atoms with Crippen LogP contribution in [0.15, 0.2) is 48.8 Å². The van der Waals surface area contributed by atoms with Gasteiger partial charge in [0.1, 0.15) is 11.4 Å². The second-order valence-corrected chi connectivity index (χ2v) is 9.07. The standard InChI is InChI=1S/C24H25F3N6O2/c1-5-15-6-8-17(9-7-15)35-14-32-13-16(12-28-32)29-22(34)18-10-21-30-19(23(2,3)4)11-20(24(25,26)27)33(21)31-18/h6-13H,5,14H2,1-4H3,(H,29,34). The third-order valence-corrected chi connectivity index (χ3v) is 5.30. The van der Waals surface area contributed by atoms with Crippen LogP contribution in [0.3, 0.4) is 0 Å². The molecule has 0 atom stereocenters. The number of hydrogen-bond acceptors (Lipinski definition) is 5. The van der Waals surface area contributed by atoms with Crippen LogP contribution in [-0.4, -0.2) is 30.3 Å². The summed E-state index contributed by atoms with van der Waals surface area (Å²) < 4.78 is 48.8. The molecule has 1 aromatic carbocycles. The zero-order valence-corrected chi connectivity index (χ0v) is 19.7. The van der Waals surface area contributed by atoms with Gasteiger partial charge in [-0.25, -0.2) is 14.2 Å². The van der Waals surface area contributed by atoms with E-state index in [1.807, 2.05) is 24.3 Å². The first-order chi connectivity index (χ1) is 16.4. The Labute approximate surface area is 199 Å². The highest BCUT2D eigenvalue weighted by atomic mass is 19.4. The molecule has 0 fully saturated rings. The predicted octanol–water partition coefficient (Wildman–Crippen LogP) is 5.09. The fraction of sp³-hybridized carbons (Fsp3) is 0.333. The quantitative estimate of drug-likeness (QED) is 0.410. The van der Waals surface area contributed by atoms with Gasteiger partial charge in [-0.2, -0.15) is 23.4 Å². The monoisotopic (exact) mass is 486 g/mol. The van der Waals surface area contributed by atoms with E-state index in [0.29, 0.717) is 16.0 Å². The van der Waals surface area contributed by atoms with E-state index < -0.39 is 23.2 Å². The Kier molecular flexibility index (Phi) is 6.27. The van der Waals surface area contributed by atoms with Crippen molar-refractivity contribution in [2.45, 2.75) is 52.4 Å². The molecule has 184 valence electrons. The van der Waals surface area contributed by atoms with Crippen molar-refractivity contribution in [1.29, 1.82) is 0 Å². The minimum Gasteiger partial charge on any atom is -0.471 e. The Hall–Kier alpha value is -3.89. The number of aromatic nitrogens is 5. The molecule has 0 radical (unpaired) electrons. The lowest BCUT2D eigenvalue weighted by molar-refractivity contribution is -0.142. The van der Waals surface area contributed by atoms with E-state index in [1.54, 1.807) is 27.0 Å². The molecule has 0 saturated heterocycles. The number of fused-ring (bicyclic) bond motifs is 1. The molecule has 4 aromatic rings. The number of carbonyl (C=O) groups is 1. The lowest BCUT2D eigenvalue weighted by Crippen LogP contribution is -2.20. The van der Waals surface area contributed by atoms with Crippen molar-refractivity contribution in [3.05, 3.63) is 71.4 Å². The maximum Gasteiger partial charge on any atom is 0.433 e. The van der Waals surface area contributed by atoms with E-state index in [2.05, 4.69) is 27.4 Å². The van der Waals surface area contributed by atoms with Crippen molar-refractivity contribution >= 4 is 17.2 Å². The largest absolute Gasteiger partial charge is 0.471 e. The summed E-state index contributed by atoms with van der Waals surface area (Å²) >= 11 is 0. The summed E-state index contributed by atoms with van der Waals surface area (Å²) in [6.07, 6.45) is -0.779. The summed E-state index contributed by atoms with van der Waals surface area (Å²) in [6, 6.07) is 9.87. The highest BCUT2D eigenvalue weighted by Gasteiger charge is 2.36. The maximum atomic E-state index is 13.7. The number of aryl methyl sites for hydroxylation is 1. The van der Waals surface area contributed by atoms with E-state index in [-0.39, 0.29) is 23.8 Å². The van der Waals surface area contributed by atoms with Gasteiger partial charge in [0.15, 0.2) is 18.1 Å². The van der Waals surface area contributed by atoms with E-state index in [9.17, 15) is 18.0 Å². The molecule has 0 aliphatic carbocycles. The third kappa shape index (κ3) is 5.44. The average molecular weight is 486 g/mol. The zero-order chi connectivity index (χ0) is 25.4. The molecule has 3 heterocycles. The second kappa shape index (κ2) is 9.05. The minimum absolute atomic E-state index is 0.0620. The smallest absolute Gasteiger partial charge is 0.433 e. The number of amides is 1. The molecule has 0 unspecified atom stereocenters. The van der Waals surface area contributed by atoms with E-state index in [1.165, 1.54) is 22.5 Å². The van der Waals surface area contributed by atoms with Crippen molar-refractivity contribution < 1.29 is 22.7 Å². The van der Waals surface area contributed by atoms with Crippen molar-refractivity contribution in [2.24, 2.45) is 0 Å². The SMILES string of the molecule is CCc1ccc(OCn2cc(NC(=O)c3cc4nc(C(C)(C)C)cc(C(F)(F)F)n4n3)cn2)cc1. The van der Waals surface area contributed by atoms with Gasteiger partial charge in [0.2, 0.25) is 0 Å². The van der Waals surface area contributed by atoms with Crippen LogP contribution in [0.25, 0.3) is 5.65 Å². The van der Waals surface area contributed by atoms with Crippen molar-refractivity contribution in [3.8, 4) is 5.75 Å². The van der Waals surface area contributed by atoms with Crippen LogP contribution in [0.5, 0.6) is 5.75 Å². The molecule has 0 aliphatic heterocycles. The molecular weight excluding hydrogens is 461 g/mol. The highest BCUT2D eigenvalue weighted by Crippen LogP contribution is 2.32. The second-order valence-electron chi connectivity index (χ2n) is 9.07. The van der Waals surface area contributed by atoms with E-state index in [0.717, 1.165) is 12.5 Å². The van der Waals surface area contributed by atoms with Gasteiger partial charge in [0.25, 0.3) is 5.91 Å². The molecule has 0 aliphatic rings. The van der Waals surface area contributed by atoms with Crippen molar-refractivity contribution in [2.75, 3.05) is 5.32 Å². The molecule has 8 nitrogen and oxygen atoms in total. The zero-order valence-electron chi connectivity index (χ0n) is 19.7. The van der Waals surface area contributed by atoms with Crippen LogP contribution in [0.2, 0.25) is 0 Å². The van der Waals surface area contributed by atoms with Crippen LogP contribution in [0, 0.1) is 0 Å². The van der Waals surface area contributed by atoms with Crippen molar-refractivity contribution in [3.63, 3.8) is 0 Å². The van der Waals surface area contributed by atoms with Gasteiger partial charge in [0.05, 0.1) is 23.8 Å². The summed E-state index contributed by atoms with van der Waals surface area (Å²) in [6.45, 7) is 7.47. The van der Waals surface area contributed by atoms with Gasteiger partial charge >= 0.3 is 6.18 Å². The molecule has 35 heavy (non-hydrogen) atoms. The third-order valence-electron chi connectivity index (χ3n) is 5.30. The first-order valence-corrected chi connectivity index (χ1v) is 11.0. The number of benzene rings is 1. The van der Waals surface area contributed by atoms with E-state index >= 15 is 0 Å². The van der Waals surface area contributed by atoms with Gasteiger partial charge < -0.3 is 10.1 Å². The molecule has 3 aromatic heterocycles. The van der Waals surface area contributed by atoms with Gasteiger partial charge in [0, 0.05) is 11.5 Å². The number of halogens is 3. The summed E-state index contributed by atoms with van der Waals surface area (Å²) in [5.74, 6) is -0.00728. The van der Waals surface area contributed by atoms with Gasteiger partial charge in [-0.3, -0.25) is 4.79 Å². The fourth-order valence-electron chi connectivity index (χ4n) is 3.33. The molecule has 1 amide bonds. The first-order valence-electron chi connectivity index (χ1n) is 11.0. The Balaban J connectivity index is 1.50. The number of nitrogens with one attached hydrogen (secondary N) is 1. The summed E-state index contributed by atoms with van der Waals surface area (Å²) in [7, 11) is 0. The maximum absolute atomic E-state index is 13.7. The number of carbonyl (C=O) groups excluding carboxylic acids is 1. The van der Waals surface area contributed by atoms with Crippen LogP contribution in [0.1, 0.15) is 55.1 Å².